The van der Waals surface area contributed by atoms with Crippen molar-refractivity contribution in [2.24, 2.45) is 5.92 Å². The number of piperidine rings is 1. The maximum absolute atomic E-state index is 13.1. The molecule has 1 aromatic carbocycles. The van der Waals surface area contributed by atoms with E-state index in [9.17, 15) is 13.2 Å². The van der Waals surface area contributed by atoms with Gasteiger partial charge in [0, 0.05) is 31.9 Å². The van der Waals surface area contributed by atoms with Gasteiger partial charge in [-0.1, -0.05) is 32.1 Å². The Morgan fingerprint density at radius 2 is 1.90 bits per heavy atom. The molecule has 3 rings (SSSR count). The number of aromatic nitrogens is 2. The molecule has 1 aliphatic heterocycles. The molecule has 2 aromatic rings. The van der Waals surface area contributed by atoms with Crippen LogP contribution >= 0.6 is 11.3 Å². The molecule has 0 spiro atoms. The van der Waals surface area contributed by atoms with E-state index < -0.39 is 10.0 Å². The summed E-state index contributed by atoms with van der Waals surface area (Å²) in [7, 11) is -3.67. The minimum absolute atomic E-state index is 0.124. The number of hydrogen-bond donors (Lipinski definition) is 1. The van der Waals surface area contributed by atoms with Gasteiger partial charge in [0.1, 0.15) is 5.01 Å². The van der Waals surface area contributed by atoms with Crippen LogP contribution in [0.3, 0.4) is 0 Å². The lowest BCUT2D eigenvalue weighted by Gasteiger charge is -2.33. The van der Waals surface area contributed by atoms with Gasteiger partial charge < -0.3 is 4.90 Å². The molecule has 1 fully saturated rings. The first kappa shape index (κ1) is 22.6. The second-order valence-electron chi connectivity index (χ2n) is 7.52. The van der Waals surface area contributed by atoms with Gasteiger partial charge in [-0.2, -0.15) is 4.31 Å². The second-order valence-corrected chi connectivity index (χ2v) is 10.6. The van der Waals surface area contributed by atoms with Crippen LogP contribution in [0.2, 0.25) is 0 Å². The van der Waals surface area contributed by atoms with Crippen molar-refractivity contribution >= 4 is 38.1 Å². The number of sulfonamides is 1. The van der Waals surface area contributed by atoms with E-state index in [0.717, 1.165) is 36.6 Å². The van der Waals surface area contributed by atoms with E-state index in [1.807, 2.05) is 6.92 Å². The number of amides is 1. The molecule has 1 saturated heterocycles. The quantitative estimate of drug-likeness (QED) is 0.693. The summed E-state index contributed by atoms with van der Waals surface area (Å²) in [5.74, 6) is 0.265. The molecular weight excluding hydrogens is 422 g/mol. The van der Waals surface area contributed by atoms with Crippen LogP contribution in [0, 0.1) is 12.8 Å². The number of nitrogens with one attached hydrogen (secondary N) is 1. The first-order valence-corrected chi connectivity index (χ1v) is 12.5. The molecule has 0 bridgehead atoms. The minimum atomic E-state index is -3.67. The van der Waals surface area contributed by atoms with E-state index in [2.05, 4.69) is 27.3 Å². The van der Waals surface area contributed by atoms with Crippen molar-refractivity contribution in [2.75, 3.05) is 36.4 Å². The first-order valence-electron chi connectivity index (χ1n) is 10.3. The Labute approximate surface area is 182 Å². The number of carbonyl (C=O) groups excluding carboxylic acids is 1. The molecule has 0 saturated carbocycles. The molecule has 0 atom stereocenters. The number of benzene rings is 1. The van der Waals surface area contributed by atoms with E-state index in [1.165, 1.54) is 21.7 Å². The number of hydrogen-bond acceptors (Lipinski definition) is 7. The molecular formula is C20H29N5O3S2. The van der Waals surface area contributed by atoms with Crippen LogP contribution in [0.1, 0.15) is 49.0 Å². The lowest BCUT2D eigenvalue weighted by atomic mass is 9.98. The molecule has 0 unspecified atom stereocenters. The summed E-state index contributed by atoms with van der Waals surface area (Å²) < 4.78 is 27.4. The van der Waals surface area contributed by atoms with Gasteiger partial charge in [0.05, 0.1) is 10.5 Å². The molecule has 1 N–H and O–H groups in total. The van der Waals surface area contributed by atoms with Gasteiger partial charge >= 0.3 is 0 Å². The third-order valence-corrected chi connectivity index (χ3v) is 8.23. The van der Waals surface area contributed by atoms with Crippen molar-refractivity contribution in [3.63, 3.8) is 0 Å². The van der Waals surface area contributed by atoms with Crippen LogP contribution in [0.25, 0.3) is 0 Å². The van der Waals surface area contributed by atoms with Gasteiger partial charge in [-0.3, -0.25) is 10.1 Å². The van der Waals surface area contributed by atoms with Crippen molar-refractivity contribution in [1.82, 2.24) is 14.5 Å². The van der Waals surface area contributed by atoms with Crippen LogP contribution in [0.15, 0.2) is 23.1 Å². The fourth-order valence-electron chi connectivity index (χ4n) is 3.61. The summed E-state index contributed by atoms with van der Waals surface area (Å²) in [6, 6.07) is 4.85. The SMILES string of the molecule is CCN(CC)S(=O)(=O)c1ccc(N2CCC(C)CC2)c(C(=O)Nc2nnc(C)s2)c1. The lowest BCUT2D eigenvalue weighted by Crippen LogP contribution is -2.35. The molecule has 30 heavy (non-hydrogen) atoms. The summed E-state index contributed by atoms with van der Waals surface area (Å²) in [6.45, 7) is 10.0. The van der Waals surface area contributed by atoms with Gasteiger partial charge in [0.2, 0.25) is 15.2 Å². The third kappa shape index (κ3) is 4.81. The molecule has 1 aliphatic rings. The zero-order valence-electron chi connectivity index (χ0n) is 17.9. The summed E-state index contributed by atoms with van der Waals surface area (Å²) in [6.07, 6.45) is 2.08. The predicted octanol–water partition coefficient (Wildman–Crippen LogP) is 3.37. The van der Waals surface area contributed by atoms with Gasteiger partial charge in [0.25, 0.3) is 5.91 Å². The van der Waals surface area contributed by atoms with Crippen LogP contribution in [-0.2, 0) is 10.0 Å². The maximum atomic E-state index is 13.1. The number of anilines is 2. The lowest BCUT2D eigenvalue weighted by molar-refractivity contribution is 0.102. The molecule has 1 amide bonds. The fraction of sp³-hybridized carbons (Fsp3) is 0.550. The third-order valence-electron chi connectivity index (χ3n) is 5.43. The van der Waals surface area contributed by atoms with Gasteiger partial charge in [-0.15, -0.1) is 10.2 Å². The van der Waals surface area contributed by atoms with Gasteiger partial charge in [-0.25, -0.2) is 8.42 Å². The Hall–Kier alpha value is -2.04. The van der Waals surface area contributed by atoms with Crippen LogP contribution in [0.5, 0.6) is 0 Å². The first-order chi connectivity index (χ1) is 14.3. The van der Waals surface area contributed by atoms with E-state index in [4.69, 9.17) is 0 Å². The predicted molar refractivity (Wildman–Crippen MR) is 120 cm³/mol. The highest BCUT2D eigenvalue weighted by Crippen LogP contribution is 2.30. The highest BCUT2D eigenvalue weighted by atomic mass is 32.2. The van der Waals surface area contributed by atoms with Gasteiger partial charge in [-0.05, 0) is 43.9 Å². The Kier molecular flexibility index (Phi) is 7.10. The number of rotatable bonds is 7. The van der Waals surface area contributed by atoms with E-state index in [1.54, 1.807) is 26.0 Å². The number of nitrogens with zero attached hydrogens (tertiary/aromatic N) is 4. The standard InChI is InChI=1S/C20H29N5O3S2/c1-5-25(6-2)30(27,28)16-7-8-18(24-11-9-14(3)10-12-24)17(13-16)19(26)21-20-23-22-15(4)29-20/h7-8,13-14H,5-6,9-12H2,1-4H3,(H,21,23,26). The van der Waals surface area contributed by atoms with Crippen molar-refractivity contribution in [3.8, 4) is 0 Å². The molecule has 2 heterocycles. The minimum Gasteiger partial charge on any atom is -0.371 e. The van der Waals surface area contributed by atoms with Crippen LogP contribution < -0.4 is 10.2 Å². The molecule has 164 valence electrons. The normalized spacial score (nSPS) is 15.6. The molecule has 1 aromatic heterocycles. The van der Waals surface area contributed by atoms with E-state index in [0.29, 0.717) is 29.7 Å². The zero-order chi connectivity index (χ0) is 21.9. The smallest absolute Gasteiger partial charge is 0.259 e. The van der Waals surface area contributed by atoms with E-state index >= 15 is 0 Å². The zero-order valence-corrected chi connectivity index (χ0v) is 19.5. The summed E-state index contributed by atoms with van der Waals surface area (Å²) in [5.41, 5.74) is 1.09. The van der Waals surface area contributed by atoms with Crippen molar-refractivity contribution in [2.45, 2.75) is 45.4 Å². The van der Waals surface area contributed by atoms with Gasteiger partial charge in [0.15, 0.2) is 0 Å². The highest BCUT2D eigenvalue weighted by Gasteiger charge is 2.27. The van der Waals surface area contributed by atoms with Crippen molar-refractivity contribution in [3.05, 3.63) is 28.8 Å². The molecule has 8 nitrogen and oxygen atoms in total. The monoisotopic (exact) mass is 451 g/mol. The maximum Gasteiger partial charge on any atom is 0.259 e. The number of carbonyl (C=O) groups is 1. The fourth-order valence-corrected chi connectivity index (χ4v) is 5.68. The molecule has 10 heteroatoms. The largest absolute Gasteiger partial charge is 0.371 e. The highest BCUT2D eigenvalue weighted by molar-refractivity contribution is 7.89. The van der Waals surface area contributed by atoms with Crippen LogP contribution in [0.4, 0.5) is 10.8 Å². The summed E-state index contributed by atoms with van der Waals surface area (Å²) in [4.78, 5) is 15.4. The van der Waals surface area contributed by atoms with Crippen LogP contribution in [-0.4, -0.2) is 55.0 Å². The average molecular weight is 452 g/mol. The molecule has 0 radical (unpaired) electrons. The topological polar surface area (TPSA) is 95.5 Å². The number of aryl methyl sites for hydroxylation is 1. The molecule has 0 aliphatic carbocycles. The Morgan fingerprint density at radius 3 is 2.47 bits per heavy atom. The van der Waals surface area contributed by atoms with Crippen molar-refractivity contribution in [1.29, 1.82) is 0 Å². The second kappa shape index (κ2) is 9.40. The van der Waals surface area contributed by atoms with E-state index in [-0.39, 0.29) is 10.8 Å². The average Bonchev–Trinajstić information content (AvgIpc) is 3.13. The Bertz CT molecular complexity index is 994. The Morgan fingerprint density at radius 1 is 1.23 bits per heavy atom. The Balaban J connectivity index is 2.01. The summed E-state index contributed by atoms with van der Waals surface area (Å²) >= 11 is 1.28. The van der Waals surface area contributed by atoms with Crippen molar-refractivity contribution < 1.29 is 13.2 Å². The summed E-state index contributed by atoms with van der Waals surface area (Å²) in [5, 5.41) is 11.8.